The molecule has 2 fully saturated rings. The highest BCUT2D eigenvalue weighted by atomic mass is 15.2. The molecule has 1 aliphatic heterocycles. The van der Waals surface area contributed by atoms with Crippen molar-refractivity contribution in [2.24, 2.45) is 23.5 Å². The highest BCUT2D eigenvalue weighted by Crippen LogP contribution is 2.29. The molecule has 3 heteroatoms. The number of nitrogens with two attached hydrogens (primary N) is 1. The molecule has 1 heterocycles. The Kier molecular flexibility index (Phi) is 11.0. The number of benzene rings is 1. The van der Waals surface area contributed by atoms with Gasteiger partial charge < -0.3 is 15.5 Å². The zero-order chi connectivity index (χ0) is 23.6. The summed E-state index contributed by atoms with van der Waals surface area (Å²) >= 11 is 0. The zero-order valence-corrected chi connectivity index (χ0v) is 22.3. The minimum absolute atomic E-state index is 0.310. The molecule has 0 radical (unpaired) electrons. The summed E-state index contributed by atoms with van der Waals surface area (Å²) in [6.45, 7) is 13.9. The van der Waals surface area contributed by atoms with Gasteiger partial charge in [0.1, 0.15) is 0 Å². The van der Waals surface area contributed by atoms with E-state index in [1.807, 2.05) is 0 Å². The third-order valence-electron chi connectivity index (χ3n) is 8.62. The maximum atomic E-state index is 6.46. The van der Waals surface area contributed by atoms with E-state index < -0.39 is 0 Å². The van der Waals surface area contributed by atoms with Crippen LogP contribution >= 0.6 is 0 Å². The number of hydrogen-bond acceptors (Lipinski definition) is 3. The molecule has 0 amide bonds. The highest BCUT2D eigenvalue weighted by molar-refractivity contribution is 5.49. The molecule has 3 nitrogen and oxygen atoms in total. The molecule has 0 bridgehead atoms. The first-order chi connectivity index (χ1) is 16.0. The van der Waals surface area contributed by atoms with Crippen LogP contribution in [0.2, 0.25) is 0 Å². The van der Waals surface area contributed by atoms with Crippen LogP contribution in [0, 0.1) is 17.8 Å². The first-order valence-electron chi connectivity index (χ1n) is 14.3. The van der Waals surface area contributed by atoms with Gasteiger partial charge in [0.2, 0.25) is 0 Å². The van der Waals surface area contributed by atoms with Crippen LogP contribution in [0.3, 0.4) is 0 Å². The number of nitrogens with zero attached hydrogens (tertiary/aromatic N) is 2. The minimum Gasteiger partial charge on any atom is -0.368 e. The fourth-order valence-corrected chi connectivity index (χ4v) is 5.81. The largest absolute Gasteiger partial charge is 0.368 e. The summed E-state index contributed by atoms with van der Waals surface area (Å²) in [6.07, 6.45) is 14.9. The number of hydrogen-bond donors (Lipinski definition) is 1. The quantitative estimate of drug-likeness (QED) is 0.372. The van der Waals surface area contributed by atoms with Crippen molar-refractivity contribution in [2.75, 3.05) is 31.1 Å². The molecular formula is C30H53N3. The molecule has 1 unspecified atom stereocenters. The molecule has 0 aromatic heterocycles. The van der Waals surface area contributed by atoms with Gasteiger partial charge in [0, 0.05) is 44.0 Å². The smallest absolute Gasteiger partial charge is 0.0368 e. The molecule has 1 saturated heterocycles. The van der Waals surface area contributed by atoms with Crippen molar-refractivity contribution in [3.05, 3.63) is 29.8 Å². The Hall–Kier alpha value is -1.06. The summed E-state index contributed by atoms with van der Waals surface area (Å²) in [5.74, 6) is 2.33. The Balaban J connectivity index is 1.55. The molecule has 188 valence electrons. The van der Waals surface area contributed by atoms with E-state index >= 15 is 0 Å². The van der Waals surface area contributed by atoms with Crippen LogP contribution in [-0.4, -0.2) is 43.2 Å². The number of anilines is 1. The predicted molar refractivity (Wildman–Crippen MR) is 145 cm³/mol. The lowest BCUT2D eigenvalue weighted by atomic mass is 9.85. The van der Waals surface area contributed by atoms with Gasteiger partial charge in [-0.15, -0.1) is 0 Å². The number of aryl methyl sites for hydroxylation is 1. The van der Waals surface area contributed by atoms with Crippen molar-refractivity contribution in [3.63, 3.8) is 0 Å². The maximum absolute atomic E-state index is 6.46. The Bertz CT molecular complexity index is 641. The van der Waals surface area contributed by atoms with Crippen molar-refractivity contribution >= 4 is 5.69 Å². The van der Waals surface area contributed by atoms with Crippen molar-refractivity contribution in [1.29, 1.82) is 0 Å². The van der Waals surface area contributed by atoms with Gasteiger partial charge in [-0.25, -0.2) is 0 Å². The first-order valence-corrected chi connectivity index (χ1v) is 14.3. The maximum Gasteiger partial charge on any atom is 0.0368 e. The van der Waals surface area contributed by atoms with Crippen LogP contribution in [0.4, 0.5) is 5.69 Å². The van der Waals surface area contributed by atoms with Crippen molar-refractivity contribution in [1.82, 2.24) is 4.90 Å². The lowest BCUT2D eigenvalue weighted by molar-refractivity contribution is 0.183. The summed E-state index contributed by atoms with van der Waals surface area (Å²) < 4.78 is 0. The van der Waals surface area contributed by atoms with E-state index in [4.69, 9.17) is 5.73 Å². The van der Waals surface area contributed by atoms with Crippen molar-refractivity contribution < 1.29 is 0 Å². The Labute approximate surface area is 205 Å². The van der Waals surface area contributed by atoms with Crippen molar-refractivity contribution in [2.45, 2.75) is 110 Å². The standard InChI is InChI=1S/C30H53N3/c1-5-25(4)30(31)23-32-20-18-29(19-21-32)33(22-17-24(2)3)28-15-13-27(14-16-28)12-11-26-9-7-6-8-10-26/h13-16,24-26,29-30H,5-12,17-23,31H2,1-4H3/t25?,30-/m1/s1. The van der Waals surface area contributed by atoms with E-state index in [1.165, 1.54) is 102 Å². The zero-order valence-electron chi connectivity index (χ0n) is 22.3. The molecular weight excluding hydrogens is 402 g/mol. The highest BCUT2D eigenvalue weighted by Gasteiger charge is 2.26. The Morgan fingerprint density at radius 3 is 2.24 bits per heavy atom. The molecule has 2 N–H and O–H groups in total. The minimum atomic E-state index is 0.310. The van der Waals surface area contributed by atoms with Gasteiger partial charge in [-0.05, 0) is 67.6 Å². The third kappa shape index (κ3) is 8.58. The second kappa shape index (κ2) is 13.7. The van der Waals surface area contributed by atoms with Gasteiger partial charge >= 0.3 is 0 Å². The van der Waals surface area contributed by atoms with Crippen LogP contribution in [0.25, 0.3) is 0 Å². The molecule has 2 aliphatic rings. The molecule has 33 heavy (non-hydrogen) atoms. The summed E-state index contributed by atoms with van der Waals surface area (Å²) in [7, 11) is 0. The summed E-state index contributed by atoms with van der Waals surface area (Å²) in [6, 6.07) is 10.6. The normalized spacial score (nSPS) is 20.8. The number of piperidine rings is 1. The van der Waals surface area contributed by atoms with Crippen LogP contribution in [0.15, 0.2) is 24.3 Å². The molecule has 2 atom stereocenters. The summed E-state index contributed by atoms with van der Waals surface area (Å²) in [5, 5.41) is 0. The first kappa shape index (κ1) is 26.5. The van der Waals surface area contributed by atoms with Crippen LogP contribution < -0.4 is 10.6 Å². The van der Waals surface area contributed by atoms with Gasteiger partial charge in [0.25, 0.3) is 0 Å². The summed E-state index contributed by atoms with van der Waals surface area (Å²) in [5.41, 5.74) is 9.43. The molecule has 1 aromatic carbocycles. The van der Waals surface area contributed by atoms with E-state index in [0.29, 0.717) is 18.0 Å². The van der Waals surface area contributed by atoms with Crippen molar-refractivity contribution in [3.8, 4) is 0 Å². The molecule has 3 rings (SSSR count). The van der Waals surface area contributed by atoms with Crippen LogP contribution in [0.1, 0.15) is 97.5 Å². The average Bonchev–Trinajstić information content (AvgIpc) is 2.84. The van der Waals surface area contributed by atoms with E-state index in [9.17, 15) is 0 Å². The molecule has 1 aromatic rings. The third-order valence-corrected chi connectivity index (χ3v) is 8.62. The van der Waals surface area contributed by atoms with E-state index in [0.717, 1.165) is 18.4 Å². The predicted octanol–water partition coefficient (Wildman–Crippen LogP) is 6.89. The Morgan fingerprint density at radius 1 is 0.970 bits per heavy atom. The molecule has 0 spiro atoms. The van der Waals surface area contributed by atoms with Gasteiger partial charge in [0.15, 0.2) is 0 Å². The van der Waals surface area contributed by atoms with E-state index in [2.05, 4.69) is 61.8 Å². The second-order valence-corrected chi connectivity index (χ2v) is 11.7. The fraction of sp³-hybridized carbons (Fsp3) is 0.800. The second-order valence-electron chi connectivity index (χ2n) is 11.7. The summed E-state index contributed by atoms with van der Waals surface area (Å²) in [4.78, 5) is 5.35. The lowest BCUT2D eigenvalue weighted by Gasteiger charge is -2.41. The molecule has 1 aliphatic carbocycles. The fourth-order valence-electron chi connectivity index (χ4n) is 5.81. The number of rotatable bonds is 12. The van der Waals surface area contributed by atoms with Crippen LogP contribution in [-0.2, 0) is 6.42 Å². The lowest BCUT2D eigenvalue weighted by Crippen LogP contribution is -2.49. The SMILES string of the molecule is CCC(C)[C@H](N)CN1CCC(N(CCC(C)C)c2ccc(CCC3CCCCC3)cc2)CC1. The van der Waals surface area contributed by atoms with Crippen LogP contribution in [0.5, 0.6) is 0 Å². The van der Waals surface area contributed by atoms with Gasteiger partial charge in [-0.1, -0.05) is 78.4 Å². The van der Waals surface area contributed by atoms with E-state index in [1.54, 1.807) is 0 Å². The van der Waals surface area contributed by atoms with Gasteiger partial charge in [-0.2, -0.15) is 0 Å². The van der Waals surface area contributed by atoms with E-state index in [-0.39, 0.29) is 0 Å². The topological polar surface area (TPSA) is 32.5 Å². The van der Waals surface area contributed by atoms with Gasteiger partial charge in [-0.3, -0.25) is 0 Å². The Morgan fingerprint density at radius 2 is 1.64 bits per heavy atom. The molecule has 1 saturated carbocycles. The van der Waals surface area contributed by atoms with Gasteiger partial charge in [0.05, 0.1) is 0 Å². The monoisotopic (exact) mass is 455 g/mol. The number of likely N-dealkylation sites (tertiary alicyclic amines) is 1. The average molecular weight is 456 g/mol.